The number of amides is 2. The Labute approximate surface area is 131 Å². The van der Waals surface area contributed by atoms with Crippen LogP contribution >= 0.6 is 0 Å². The molecular formula is C17H23N3O2. The van der Waals surface area contributed by atoms with Crippen LogP contribution in [0.3, 0.4) is 0 Å². The number of carbonyl (C=O) groups is 1. The molecule has 1 aromatic rings. The van der Waals surface area contributed by atoms with Crippen molar-refractivity contribution in [2.75, 3.05) is 31.6 Å². The maximum atomic E-state index is 12.3. The fourth-order valence-electron chi connectivity index (χ4n) is 2.57. The molecule has 0 unspecified atom stereocenters. The van der Waals surface area contributed by atoms with Gasteiger partial charge in [-0.15, -0.1) is 0 Å². The smallest absolute Gasteiger partial charge is 0.321 e. The largest absolute Gasteiger partial charge is 0.381 e. The lowest BCUT2D eigenvalue weighted by Gasteiger charge is -2.17. The first-order chi connectivity index (χ1) is 10.6. The van der Waals surface area contributed by atoms with Gasteiger partial charge in [-0.2, -0.15) is 5.26 Å². The van der Waals surface area contributed by atoms with Gasteiger partial charge in [-0.05, 0) is 37.5 Å². The van der Waals surface area contributed by atoms with Crippen LogP contribution in [0.2, 0.25) is 0 Å². The van der Waals surface area contributed by atoms with Crippen LogP contribution in [0.1, 0.15) is 30.9 Å². The summed E-state index contributed by atoms with van der Waals surface area (Å²) >= 11 is 0. The van der Waals surface area contributed by atoms with E-state index in [0.29, 0.717) is 17.2 Å². The molecule has 1 saturated heterocycles. The number of nitriles is 1. The fourth-order valence-corrected chi connectivity index (χ4v) is 2.57. The van der Waals surface area contributed by atoms with E-state index in [1.54, 1.807) is 6.07 Å². The Morgan fingerprint density at radius 3 is 3.09 bits per heavy atom. The molecule has 0 saturated carbocycles. The van der Waals surface area contributed by atoms with E-state index in [4.69, 9.17) is 10.00 Å². The highest BCUT2D eigenvalue weighted by molar-refractivity contribution is 5.89. The summed E-state index contributed by atoms with van der Waals surface area (Å²) in [5, 5.41) is 11.9. The van der Waals surface area contributed by atoms with Crippen LogP contribution < -0.4 is 5.32 Å². The van der Waals surface area contributed by atoms with Gasteiger partial charge in [-0.1, -0.05) is 13.0 Å². The second-order valence-electron chi connectivity index (χ2n) is 5.75. The number of urea groups is 1. The number of anilines is 1. The molecule has 0 aromatic heterocycles. The van der Waals surface area contributed by atoms with Crippen molar-refractivity contribution in [1.82, 2.24) is 4.90 Å². The van der Waals surface area contributed by atoms with E-state index in [1.807, 2.05) is 24.0 Å². The molecule has 5 nitrogen and oxygen atoms in total. The van der Waals surface area contributed by atoms with E-state index in [1.165, 1.54) is 0 Å². The number of hydrogen-bond donors (Lipinski definition) is 1. The fraction of sp³-hybridized carbons (Fsp3) is 0.529. The first kappa shape index (κ1) is 16.3. The van der Waals surface area contributed by atoms with Crippen molar-refractivity contribution < 1.29 is 9.53 Å². The van der Waals surface area contributed by atoms with E-state index in [0.717, 1.165) is 44.7 Å². The molecule has 1 heterocycles. The molecule has 2 amide bonds. The summed E-state index contributed by atoms with van der Waals surface area (Å²) in [5.74, 6) is 0.421. The standard InChI is InChI=1S/C17H23N3O2/c1-3-8-22-12-14-6-7-20(11-14)17(21)19-16-5-4-13(2)15(9-16)10-18/h4-5,9,14H,3,6-8,11-12H2,1-2H3,(H,19,21)/t14-/m0/s1. The van der Waals surface area contributed by atoms with Crippen molar-refractivity contribution in [3.8, 4) is 6.07 Å². The summed E-state index contributed by atoms with van der Waals surface area (Å²) in [7, 11) is 0. The Morgan fingerprint density at radius 1 is 1.55 bits per heavy atom. The average Bonchev–Trinajstić information content (AvgIpc) is 2.98. The maximum absolute atomic E-state index is 12.3. The van der Waals surface area contributed by atoms with Gasteiger partial charge in [-0.25, -0.2) is 4.79 Å². The highest BCUT2D eigenvalue weighted by Crippen LogP contribution is 2.19. The number of ether oxygens (including phenoxy) is 1. The summed E-state index contributed by atoms with van der Waals surface area (Å²) in [6.45, 7) is 6.95. The second kappa shape index (κ2) is 7.81. The summed E-state index contributed by atoms with van der Waals surface area (Å²) in [4.78, 5) is 14.1. The molecule has 1 aliphatic rings. The van der Waals surface area contributed by atoms with Gasteiger partial charge in [0.25, 0.3) is 0 Å². The quantitative estimate of drug-likeness (QED) is 0.850. The van der Waals surface area contributed by atoms with Gasteiger partial charge >= 0.3 is 6.03 Å². The van der Waals surface area contributed by atoms with Crippen LogP contribution in [0.5, 0.6) is 0 Å². The normalized spacial score (nSPS) is 17.3. The van der Waals surface area contributed by atoms with Crippen molar-refractivity contribution >= 4 is 11.7 Å². The molecule has 2 rings (SSSR count). The van der Waals surface area contributed by atoms with Gasteiger partial charge < -0.3 is 15.0 Å². The Balaban J connectivity index is 1.87. The highest BCUT2D eigenvalue weighted by atomic mass is 16.5. The molecule has 1 aliphatic heterocycles. The van der Waals surface area contributed by atoms with Gasteiger partial charge in [0.05, 0.1) is 18.2 Å². The molecule has 118 valence electrons. The third-order valence-corrected chi connectivity index (χ3v) is 3.88. The van der Waals surface area contributed by atoms with E-state index >= 15 is 0 Å². The van der Waals surface area contributed by atoms with Gasteiger partial charge in [-0.3, -0.25) is 0 Å². The zero-order valence-corrected chi connectivity index (χ0v) is 13.3. The van der Waals surface area contributed by atoms with Crippen LogP contribution in [0, 0.1) is 24.2 Å². The van der Waals surface area contributed by atoms with Crippen molar-refractivity contribution in [2.45, 2.75) is 26.7 Å². The Bertz CT molecular complexity index is 566. The molecule has 22 heavy (non-hydrogen) atoms. The Hall–Kier alpha value is -2.06. The van der Waals surface area contributed by atoms with Crippen LogP contribution in [-0.2, 0) is 4.74 Å². The predicted octanol–water partition coefficient (Wildman–Crippen LogP) is 3.15. The van der Waals surface area contributed by atoms with Crippen molar-refractivity contribution in [2.24, 2.45) is 5.92 Å². The van der Waals surface area contributed by atoms with Crippen LogP contribution in [0.25, 0.3) is 0 Å². The minimum Gasteiger partial charge on any atom is -0.381 e. The van der Waals surface area contributed by atoms with E-state index < -0.39 is 0 Å². The summed E-state index contributed by atoms with van der Waals surface area (Å²) < 4.78 is 5.56. The van der Waals surface area contributed by atoms with Gasteiger partial charge in [0.15, 0.2) is 0 Å². The molecule has 0 radical (unpaired) electrons. The van der Waals surface area contributed by atoms with Crippen LogP contribution in [0.4, 0.5) is 10.5 Å². The first-order valence-electron chi connectivity index (χ1n) is 7.78. The SMILES string of the molecule is CCCOC[C@H]1CCN(C(=O)Nc2ccc(C)c(C#N)c2)C1. The summed E-state index contributed by atoms with van der Waals surface area (Å²) in [5.41, 5.74) is 2.16. The molecule has 1 aromatic carbocycles. The predicted molar refractivity (Wildman–Crippen MR) is 85.7 cm³/mol. The minimum absolute atomic E-state index is 0.106. The van der Waals surface area contributed by atoms with E-state index in [9.17, 15) is 4.79 Å². The topological polar surface area (TPSA) is 65.4 Å². The van der Waals surface area contributed by atoms with Crippen LogP contribution in [-0.4, -0.2) is 37.2 Å². The summed E-state index contributed by atoms with van der Waals surface area (Å²) in [6.07, 6.45) is 2.00. The number of benzene rings is 1. The summed E-state index contributed by atoms with van der Waals surface area (Å²) in [6, 6.07) is 7.41. The van der Waals surface area contributed by atoms with Gasteiger partial charge in [0.2, 0.25) is 0 Å². The number of hydrogen-bond acceptors (Lipinski definition) is 3. The average molecular weight is 301 g/mol. The number of aryl methyl sites for hydroxylation is 1. The third kappa shape index (κ3) is 4.22. The lowest BCUT2D eigenvalue weighted by atomic mass is 10.1. The molecule has 1 atom stereocenters. The molecule has 1 N–H and O–H groups in total. The molecule has 0 aliphatic carbocycles. The van der Waals surface area contributed by atoms with Crippen molar-refractivity contribution in [1.29, 1.82) is 5.26 Å². The third-order valence-electron chi connectivity index (χ3n) is 3.88. The lowest BCUT2D eigenvalue weighted by molar-refractivity contribution is 0.103. The lowest BCUT2D eigenvalue weighted by Crippen LogP contribution is -2.33. The first-order valence-corrected chi connectivity index (χ1v) is 7.78. The number of nitrogens with zero attached hydrogens (tertiary/aromatic N) is 2. The molecule has 1 fully saturated rings. The molecular weight excluding hydrogens is 278 g/mol. The zero-order valence-electron chi connectivity index (χ0n) is 13.3. The minimum atomic E-state index is -0.106. The van der Waals surface area contributed by atoms with Gasteiger partial charge in [0.1, 0.15) is 0 Å². The second-order valence-corrected chi connectivity index (χ2v) is 5.75. The molecule has 0 spiro atoms. The number of nitrogens with one attached hydrogen (secondary N) is 1. The monoisotopic (exact) mass is 301 g/mol. The Morgan fingerprint density at radius 2 is 2.36 bits per heavy atom. The zero-order chi connectivity index (χ0) is 15.9. The maximum Gasteiger partial charge on any atom is 0.321 e. The van der Waals surface area contributed by atoms with Crippen molar-refractivity contribution in [3.63, 3.8) is 0 Å². The van der Waals surface area contributed by atoms with E-state index in [-0.39, 0.29) is 6.03 Å². The number of carbonyl (C=O) groups excluding carboxylic acids is 1. The Kier molecular flexibility index (Phi) is 5.79. The van der Waals surface area contributed by atoms with Crippen molar-refractivity contribution in [3.05, 3.63) is 29.3 Å². The molecule has 0 bridgehead atoms. The van der Waals surface area contributed by atoms with E-state index in [2.05, 4.69) is 18.3 Å². The molecule has 5 heteroatoms. The van der Waals surface area contributed by atoms with Crippen LogP contribution in [0.15, 0.2) is 18.2 Å². The number of likely N-dealkylation sites (tertiary alicyclic amines) is 1. The highest BCUT2D eigenvalue weighted by Gasteiger charge is 2.26. The number of rotatable bonds is 5. The van der Waals surface area contributed by atoms with Gasteiger partial charge in [0, 0.05) is 31.3 Å².